The average molecular weight is 804 g/mol. The summed E-state index contributed by atoms with van der Waals surface area (Å²) in [6.07, 6.45) is 54.7. The fourth-order valence-corrected chi connectivity index (χ4v) is 7.58. The van der Waals surface area contributed by atoms with Crippen LogP contribution in [0.5, 0.6) is 0 Å². The summed E-state index contributed by atoms with van der Waals surface area (Å²) in [5.74, 6) is -0.163. The predicted octanol–water partition coefficient (Wildman–Crippen LogP) is 14.7. The molecule has 2 atom stereocenters. The van der Waals surface area contributed by atoms with Gasteiger partial charge in [0.25, 0.3) is 0 Å². The molecule has 2 unspecified atom stereocenters. The molecule has 0 aromatic carbocycles. The number of unbranched alkanes of at least 4 members (excludes halogenated alkanes) is 33. The first-order valence-corrected chi connectivity index (χ1v) is 25.1. The van der Waals surface area contributed by atoms with E-state index in [2.05, 4.69) is 31.3 Å². The molecule has 0 spiro atoms. The fourth-order valence-electron chi connectivity index (χ4n) is 7.58. The van der Waals surface area contributed by atoms with Crippen molar-refractivity contribution in [3.63, 3.8) is 0 Å². The van der Waals surface area contributed by atoms with Gasteiger partial charge in [-0.2, -0.15) is 0 Å². The van der Waals surface area contributed by atoms with E-state index in [0.29, 0.717) is 19.4 Å². The minimum Gasteiger partial charge on any atom is -0.466 e. The quantitative estimate of drug-likeness (QED) is 0.0324. The SMILES string of the molecule is CCCCCCCCCCCCC/C=C/C(O)C(CO)NC(=O)CCC/C=C\CCCCCCOC(=O)CCCCCCCCCCCCCCCCCCCC. The Bertz CT molecular complexity index is 889. The van der Waals surface area contributed by atoms with Crippen molar-refractivity contribution in [2.75, 3.05) is 13.2 Å². The number of carbonyl (C=O) groups is 2. The van der Waals surface area contributed by atoms with E-state index in [4.69, 9.17) is 4.74 Å². The van der Waals surface area contributed by atoms with Gasteiger partial charge in [-0.05, 0) is 51.4 Å². The van der Waals surface area contributed by atoms with Crippen LogP contribution in [0.3, 0.4) is 0 Å². The summed E-state index contributed by atoms with van der Waals surface area (Å²) in [5.41, 5.74) is 0. The second-order valence-electron chi connectivity index (χ2n) is 17.1. The number of allylic oxidation sites excluding steroid dienone is 3. The van der Waals surface area contributed by atoms with Gasteiger partial charge in [0, 0.05) is 12.8 Å². The molecule has 3 N–H and O–H groups in total. The number of nitrogens with one attached hydrogen (secondary N) is 1. The maximum Gasteiger partial charge on any atom is 0.305 e. The Morgan fingerprint density at radius 3 is 1.28 bits per heavy atom. The summed E-state index contributed by atoms with van der Waals surface area (Å²) in [6.45, 7) is 4.81. The average Bonchev–Trinajstić information content (AvgIpc) is 3.21. The summed E-state index contributed by atoms with van der Waals surface area (Å²) in [4.78, 5) is 24.4. The summed E-state index contributed by atoms with van der Waals surface area (Å²) >= 11 is 0. The van der Waals surface area contributed by atoms with Crippen molar-refractivity contribution in [2.45, 2.75) is 276 Å². The molecular formula is C51H97NO5. The number of hydrogen-bond acceptors (Lipinski definition) is 5. The number of aliphatic hydroxyl groups excluding tert-OH is 2. The van der Waals surface area contributed by atoms with Crippen molar-refractivity contribution < 1.29 is 24.5 Å². The second-order valence-corrected chi connectivity index (χ2v) is 17.1. The third-order valence-corrected chi connectivity index (χ3v) is 11.5. The summed E-state index contributed by atoms with van der Waals surface area (Å²) in [6, 6.07) is -0.663. The number of ether oxygens (including phenoxy) is 1. The van der Waals surface area contributed by atoms with Crippen LogP contribution in [0.2, 0.25) is 0 Å². The van der Waals surface area contributed by atoms with E-state index in [0.717, 1.165) is 70.6 Å². The first-order valence-electron chi connectivity index (χ1n) is 25.1. The smallest absolute Gasteiger partial charge is 0.305 e. The van der Waals surface area contributed by atoms with E-state index in [9.17, 15) is 19.8 Å². The highest BCUT2D eigenvalue weighted by atomic mass is 16.5. The first kappa shape index (κ1) is 55.3. The Kier molecular flexibility index (Phi) is 45.7. The molecular weight excluding hydrogens is 707 g/mol. The van der Waals surface area contributed by atoms with Crippen molar-refractivity contribution in [3.05, 3.63) is 24.3 Å². The standard InChI is InChI=1S/C51H97NO5/c1-3-5-7-9-11-13-15-17-18-19-20-21-23-25-29-33-37-41-45-51(56)57-46-42-38-34-30-26-28-32-36-40-44-50(55)52-48(47-53)49(54)43-39-35-31-27-24-22-16-14-12-10-8-6-4-2/h28,32,39,43,48-49,53-54H,3-27,29-31,33-38,40-42,44-47H2,1-2H3,(H,52,55)/b32-28-,43-39+. The molecule has 0 heterocycles. The van der Waals surface area contributed by atoms with Crippen LogP contribution in [-0.2, 0) is 14.3 Å². The fraction of sp³-hybridized carbons (Fsp3) is 0.882. The largest absolute Gasteiger partial charge is 0.466 e. The van der Waals surface area contributed by atoms with Crippen LogP contribution >= 0.6 is 0 Å². The molecule has 0 fully saturated rings. The van der Waals surface area contributed by atoms with Gasteiger partial charge >= 0.3 is 5.97 Å². The lowest BCUT2D eigenvalue weighted by Crippen LogP contribution is -2.45. The minimum atomic E-state index is -0.873. The maximum absolute atomic E-state index is 12.4. The third kappa shape index (κ3) is 43.7. The van der Waals surface area contributed by atoms with E-state index in [-0.39, 0.29) is 18.5 Å². The monoisotopic (exact) mass is 804 g/mol. The number of hydrogen-bond donors (Lipinski definition) is 3. The predicted molar refractivity (Wildman–Crippen MR) is 246 cm³/mol. The Labute approximate surface area is 354 Å². The van der Waals surface area contributed by atoms with Crippen molar-refractivity contribution in [1.29, 1.82) is 0 Å². The molecule has 0 aromatic rings. The summed E-state index contributed by atoms with van der Waals surface area (Å²) in [7, 11) is 0. The van der Waals surface area contributed by atoms with Gasteiger partial charge in [-0.15, -0.1) is 0 Å². The van der Waals surface area contributed by atoms with Crippen LogP contribution in [0.15, 0.2) is 24.3 Å². The highest BCUT2D eigenvalue weighted by Crippen LogP contribution is 2.16. The lowest BCUT2D eigenvalue weighted by molar-refractivity contribution is -0.143. The normalized spacial score (nSPS) is 12.8. The lowest BCUT2D eigenvalue weighted by Gasteiger charge is -2.19. The zero-order valence-electron chi connectivity index (χ0n) is 38.1. The number of rotatable bonds is 46. The van der Waals surface area contributed by atoms with Gasteiger partial charge in [0.2, 0.25) is 5.91 Å². The van der Waals surface area contributed by atoms with Crippen LogP contribution in [0.1, 0.15) is 264 Å². The zero-order chi connectivity index (χ0) is 41.5. The van der Waals surface area contributed by atoms with Crippen molar-refractivity contribution >= 4 is 11.9 Å². The second kappa shape index (κ2) is 47.0. The van der Waals surface area contributed by atoms with E-state index in [1.807, 2.05) is 6.08 Å². The zero-order valence-corrected chi connectivity index (χ0v) is 38.1. The van der Waals surface area contributed by atoms with E-state index in [1.165, 1.54) is 167 Å². The minimum absolute atomic E-state index is 0.0342. The Morgan fingerprint density at radius 2 is 0.842 bits per heavy atom. The Morgan fingerprint density at radius 1 is 0.474 bits per heavy atom. The highest BCUT2D eigenvalue weighted by Gasteiger charge is 2.17. The molecule has 1 amide bonds. The van der Waals surface area contributed by atoms with E-state index in [1.54, 1.807) is 6.08 Å². The molecule has 0 bridgehead atoms. The molecule has 6 heteroatoms. The van der Waals surface area contributed by atoms with Crippen LogP contribution in [0.25, 0.3) is 0 Å². The number of carbonyl (C=O) groups excluding carboxylic acids is 2. The molecule has 57 heavy (non-hydrogen) atoms. The van der Waals surface area contributed by atoms with Gasteiger partial charge in [-0.25, -0.2) is 0 Å². The highest BCUT2D eigenvalue weighted by molar-refractivity contribution is 5.76. The van der Waals surface area contributed by atoms with Gasteiger partial charge in [0.05, 0.1) is 25.4 Å². The molecule has 0 aliphatic heterocycles. The van der Waals surface area contributed by atoms with Crippen LogP contribution in [-0.4, -0.2) is 47.4 Å². The van der Waals surface area contributed by atoms with E-state index >= 15 is 0 Å². The number of aliphatic hydroxyl groups is 2. The van der Waals surface area contributed by atoms with Gasteiger partial charge in [0.1, 0.15) is 0 Å². The molecule has 0 saturated heterocycles. The van der Waals surface area contributed by atoms with Crippen molar-refractivity contribution in [2.24, 2.45) is 0 Å². The van der Waals surface area contributed by atoms with Gasteiger partial charge in [-0.3, -0.25) is 9.59 Å². The third-order valence-electron chi connectivity index (χ3n) is 11.5. The van der Waals surface area contributed by atoms with Gasteiger partial charge in [-0.1, -0.05) is 224 Å². The molecule has 0 aromatic heterocycles. The van der Waals surface area contributed by atoms with Crippen molar-refractivity contribution in [1.82, 2.24) is 5.32 Å². The number of esters is 1. The molecule has 0 rings (SSSR count). The number of amides is 1. The lowest BCUT2D eigenvalue weighted by atomic mass is 10.0. The van der Waals surface area contributed by atoms with Gasteiger partial charge < -0.3 is 20.3 Å². The maximum atomic E-state index is 12.4. The first-order chi connectivity index (χ1) is 28.0. The summed E-state index contributed by atoms with van der Waals surface area (Å²) in [5, 5.41) is 22.9. The summed E-state index contributed by atoms with van der Waals surface area (Å²) < 4.78 is 5.45. The topological polar surface area (TPSA) is 95.9 Å². The van der Waals surface area contributed by atoms with Crippen LogP contribution in [0, 0.1) is 0 Å². The van der Waals surface area contributed by atoms with Crippen LogP contribution in [0.4, 0.5) is 0 Å². The molecule has 336 valence electrons. The van der Waals surface area contributed by atoms with E-state index < -0.39 is 12.1 Å². The molecule has 0 radical (unpaired) electrons. The molecule has 0 aliphatic rings. The van der Waals surface area contributed by atoms with Crippen LogP contribution < -0.4 is 5.32 Å². The Balaban J connectivity index is 3.54. The Hall–Kier alpha value is -1.66. The molecule has 0 saturated carbocycles. The van der Waals surface area contributed by atoms with Gasteiger partial charge in [0.15, 0.2) is 0 Å². The van der Waals surface area contributed by atoms with Crippen molar-refractivity contribution in [3.8, 4) is 0 Å². The molecule has 6 nitrogen and oxygen atoms in total. The molecule has 0 aliphatic carbocycles.